The summed E-state index contributed by atoms with van der Waals surface area (Å²) in [4.78, 5) is 58.5. The number of alkyl halides is 1. The summed E-state index contributed by atoms with van der Waals surface area (Å²) >= 11 is 10.4. The summed E-state index contributed by atoms with van der Waals surface area (Å²) in [6.45, 7) is 10.8. The Morgan fingerprint density at radius 1 is 1.20 bits per heavy atom. The molecular weight excluding hydrogens is 714 g/mol. The van der Waals surface area contributed by atoms with Gasteiger partial charge in [0.2, 0.25) is 11.8 Å². The number of halogens is 2. The lowest BCUT2D eigenvalue weighted by molar-refractivity contribution is -0.159. The normalized spacial score (nSPS) is 26.5. The number of nitrogens with one attached hydrogen (secondary N) is 1. The molecule has 2 bridgehead atoms. The third kappa shape index (κ3) is 7.08. The largest absolute Gasteiger partial charge is 0.460 e. The Morgan fingerprint density at radius 2 is 1.94 bits per heavy atom. The predicted octanol–water partition coefficient (Wildman–Crippen LogP) is 4.53. The second kappa shape index (κ2) is 15.6. The van der Waals surface area contributed by atoms with E-state index in [4.69, 9.17) is 21.1 Å². The van der Waals surface area contributed by atoms with E-state index in [1.807, 2.05) is 43.3 Å². The Morgan fingerprint density at radius 3 is 2.59 bits per heavy atom. The van der Waals surface area contributed by atoms with Crippen LogP contribution in [0.25, 0.3) is 0 Å². The number of allylic oxidation sites excluding steroid dienone is 1. The zero-order valence-electron chi connectivity index (χ0n) is 27.7. The average molecular weight is 757 g/mol. The van der Waals surface area contributed by atoms with Gasteiger partial charge in [-0.2, -0.15) is 0 Å². The summed E-state index contributed by atoms with van der Waals surface area (Å²) in [6.07, 6.45) is 3.13. The molecule has 1 unspecified atom stereocenters. The van der Waals surface area contributed by atoms with Crippen LogP contribution in [0, 0.1) is 18.8 Å². The molecule has 3 aliphatic rings. The van der Waals surface area contributed by atoms with Crippen molar-refractivity contribution in [2.45, 2.75) is 74.3 Å². The van der Waals surface area contributed by atoms with Crippen molar-refractivity contribution >= 4 is 56.9 Å². The van der Waals surface area contributed by atoms with Gasteiger partial charge in [-0.15, -0.1) is 13.2 Å². The highest BCUT2D eigenvalue weighted by Crippen LogP contribution is 2.61. The number of ether oxygens (including phenoxy) is 2. The molecule has 5 rings (SSSR count). The van der Waals surface area contributed by atoms with Gasteiger partial charge in [0.15, 0.2) is 0 Å². The van der Waals surface area contributed by atoms with Crippen LogP contribution in [-0.2, 0) is 35.1 Å². The second-order valence-corrected chi connectivity index (χ2v) is 14.5. The number of benzene rings is 2. The van der Waals surface area contributed by atoms with Gasteiger partial charge in [0.1, 0.15) is 17.7 Å². The van der Waals surface area contributed by atoms with E-state index in [2.05, 4.69) is 34.4 Å². The van der Waals surface area contributed by atoms with E-state index in [-0.39, 0.29) is 43.1 Å². The number of hydrogen-bond donors (Lipinski definition) is 2. The van der Waals surface area contributed by atoms with Gasteiger partial charge in [-0.3, -0.25) is 19.2 Å². The van der Waals surface area contributed by atoms with Crippen LogP contribution in [0.2, 0.25) is 5.02 Å². The number of hydrogen-bond acceptors (Lipinski definition) is 7. The fourth-order valence-corrected chi connectivity index (χ4v) is 8.84. The molecule has 8 atom stereocenters. The Balaban J connectivity index is 1.53. The number of aryl methyl sites for hydroxylation is 1. The molecule has 3 heterocycles. The van der Waals surface area contributed by atoms with Gasteiger partial charge in [-0.1, -0.05) is 82.1 Å². The summed E-state index contributed by atoms with van der Waals surface area (Å²) < 4.78 is 12.5. The monoisotopic (exact) mass is 755 g/mol. The number of carbonyl (C=O) groups is 4. The van der Waals surface area contributed by atoms with E-state index in [1.54, 1.807) is 31.2 Å². The predicted molar refractivity (Wildman–Crippen MR) is 190 cm³/mol. The molecule has 3 saturated heterocycles. The van der Waals surface area contributed by atoms with E-state index in [0.29, 0.717) is 17.1 Å². The van der Waals surface area contributed by atoms with Crippen LogP contribution in [0.5, 0.6) is 0 Å². The highest BCUT2D eigenvalue weighted by atomic mass is 79.9. The fraction of sp³-hybridized carbons (Fsp3) is 0.459. The van der Waals surface area contributed by atoms with Crippen molar-refractivity contribution < 1.29 is 33.8 Å². The highest BCUT2D eigenvalue weighted by molar-refractivity contribution is 9.09. The molecule has 3 fully saturated rings. The topological polar surface area (TPSA) is 125 Å². The number of likely N-dealkylation sites (tertiary alicyclic amines) is 1. The van der Waals surface area contributed by atoms with Gasteiger partial charge >= 0.3 is 5.97 Å². The minimum absolute atomic E-state index is 0.0893. The van der Waals surface area contributed by atoms with Crippen molar-refractivity contribution in [1.82, 2.24) is 10.2 Å². The molecule has 3 aliphatic heterocycles. The van der Waals surface area contributed by atoms with Crippen molar-refractivity contribution in [3.63, 3.8) is 0 Å². The van der Waals surface area contributed by atoms with E-state index in [9.17, 15) is 19.5 Å². The number of para-hydroxylation sites is 1. The van der Waals surface area contributed by atoms with Gasteiger partial charge in [0, 0.05) is 17.8 Å². The third-order valence-corrected chi connectivity index (χ3v) is 10.8. The van der Waals surface area contributed by atoms with Gasteiger partial charge in [-0.05, 0) is 50.3 Å². The molecule has 2 aromatic rings. The summed E-state index contributed by atoms with van der Waals surface area (Å²) in [5.74, 6) is -3.84. The number of anilines is 1. The lowest BCUT2D eigenvalue weighted by atomic mass is 9.70. The minimum atomic E-state index is -1.41. The number of fused-ring (bicyclic) bond motifs is 1. The van der Waals surface area contributed by atoms with E-state index < -0.39 is 66.1 Å². The van der Waals surface area contributed by atoms with E-state index in [0.717, 1.165) is 11.1 Å². The van der Waals surface area contributed by atoms with Crippen molar-refractivity contribution in [3.05, 3.63) is 90.0 Å². The Labute approximate surface area is 300 Å². The molecule has 0 aromatic heterocycles. The fourth-order valence-electron chi connectivity index (χ4n) is 7.58. The maximum absolute atomic E-state index is 15.1. The number of esters is 1. The number of carbonyl (C=O) groups excluding carboxylic acids is 4. The van der Waals surface area contributed by atoms with E-state index in [1.165, 1.54) is 9.80 Å². The average Bonchev–Trinajstić information content (AvgIpc) is 3.68. The van der Waals surface area contributed by atoms with Gasteiger partial charge in [0.05, 0.1) is 47.8 Å². The second-order valence-electron chi connectivity index (χ2n) is 13.0. The van der Waals surface area contributed by atoms with Crippen molar-refractivity contribution in [2.75, 3.05) is 24.6 Å². The van der Waals surface area contributed by atoms with Crippen molar-refractivity contribution in [1.29, 1.82) is 0 Å². The quantitative estimate of drug-likeness (QED) is 0.156. The number of rotatable bonds is 15. The maximum atomic E-state index is 15.1. The maximum Gasteiger partial charge on any atom is 0.312 e. The molecule has 10 nitrogen and oxygen atoms in total. The van der Waals surface area contributed by atoms with Gasteiger partial charge < -0.3 is 29.7 Å². The first-order chi connectivity index (χ1) is 23.5. The Bertz CT molecular complexity index is 1570. The first-order valence-electron chi connectivity index (χ1n) is 16.5. The van der Waals surface area contributed by atoms with Gasteiger partial charge in [-0.25, -0.2) is 0 Å². The van der Waals surface area contributed by atoms with Crippen molar-refractivity contribution in [3.8, 4) is 0 Å². The minimum Gasteiger partial charge on any atom is -0.460 e. The molecule has 3 amide bonds. The SMILES string of the molecule is C=CCCC(=O)NC[C@H](C)OC(=O)[C@H]1[C@@H]2O[C@@]3(CC2Br)[C@@H]1C(=O)N([C@@H](CO)Cc1ccccc1)[C@@H]3C(=O)N(CC=C)c1c(C)cccc1Cl. The number of nitrogens with zero attached hydrogens (tertiary/aromatic N) is 2. The third-order valence-electron chi connectivity index (χ3n) is 9.67. The van der Waals surface area contributed by atoms with Crippen molar-refractivity contribution in [2.24, 2.45) is 11.8 Å². The van der Waals surface area contributed by atoms with Crippen LogP contribution in [0.1, 0.15) is 37.3 Å². The van der Waals surface area contributed by atoms with Crippen LogP contribution in [0.3, 0.4) is 0 Å². The van der Waals surface area contributed by atoms with Crippen LogP contribution >= 0.6 is 27.5 Å². The van der Waals surface area contributed by atoms with Crippen LogP contribution in [0.15, 0.2) is 73.8 Å². The zero-order valence-corrected chi connectivity index (χ0v) is 30.1. The summed E-state index contributed by atoms with van der Waals surface area (Å²) in [7, 11) is 0. The van der Waals surface area contributed by atoms with Crippen LogP contribution in [0.4, 0.5) is 5.69 Å². The molecule has 2 N–H and O–H groups in total. The standard InChI is InChI=1S/C37H43BrClN3O7/c1-5-7-16-28(44)40-20-23(4)48-36(47)29-30-34(45)42(25(21-43)18-24-13-9-8-10-14-24)33(37(30)19-26(38)32(29)49-37)35(46)41(17-6-2)31-22(3)12-11-15-27(31)39/h5-6,8-15,23,25-26,29-30,32-33,43H,1-2,7,16-21H2,3-4H3,(H,40,44)/t23-,25+,26?,29+,30-,32+,33+,37-/m0/s1. The smallest absolute Gasteiger partial charge is 0.312 e. The lowest BCUT2D eigenvalue weighted by Crippen LogP contribution is -2.59. The van der Waals surface area contributed by atoms with Crippen LogP contribution in [-0.4, -0.2) is 88.1 Å². The molecule has 2 aromatic carbocycles. The van der Waals surface area contributed by atoms with E-state index >= 15 is 4.79 Å². The molecule has 0 radical (unpaired) electrons. The summed E-state index contributed by atoms with van der Waals surface area (Å²) in [5, 5.41) is 13.9. The van der Waals surface area contributed by atoms with Gasteiger partial charge in [0.25, 0.3) is 5.91 Å². The zero-order chi connectivity index (χ0) is 35.5. The molecular formula is C37H43BrClN3O7. The molecule has 1 spiro atoms. The van der Waals surface area contributed by atoms with Crippen LogP contribution < -0.4 is 10.2 Å². The highest BCUT2D eigenvalue weighted by Gasteiger charge is 2.77. The molecule has 262 valence electrons. The molecule has 49 heavy (non-hydrogen) atoms. The Kier molecular flexibility index (Phi) is 11.7. The summed E-state index contributed by atoms with van der Waals surface area (Å²) in [5.41, 5.74) is 0.686. The first kappa shape index (κ1) is 36.8. The number of aliphatic hydroxyl groups is 1. The molecule has 12 heteroatoms. The Hall–Kier alpha value is -3.51. The first-order valence-corrected chi connectivity index (χ1v) is 17.8. The molecule has 0 aliphatic carbocycles. The number of amides is 3. The lowest BCUT2D eigenvalue weighted by Gasteiger charge is -2.40. The molecule has 0 saturated carbocycles. The number of aliphatic hydroxyl groups excluding tert-OH is 1. The summed E-state index contributed by atoms with van der Waals surface area (Å²) in [6, 6.07) is 12.7.